The smallest absolute Gasteiger partial charge is 0.0494 e. The van der Waals surface area contributed by atoms with Crippen LogP contribution in [0.15, 0.2) is 0 Å². The van der Waals surface area contributed by atoms with Crippen molar-refractivity contribution in [2.75, 3.05) is 39.4 Å². The Morgan fingerprint density at radius 3 is 2.72 bits per heavy atom. The summed E-state index contributed by atoms with van der Waals surface area (Å²) in [4.78, 5) is 2.62. The largest absolute Gasteiger partial charge is 0.381 e. The van der Waals surface area contributed by atoms with Crippen molar-refractivity contribution in [3.05, 3.63) is 0 Å². The molecule has 0 aromatic carbocycles. The molecule has 0 atom stereocenters. The lowest BCUT2D eigenvalue weighted by atomic mass is 9.90. The number of hydrogen-bond donors (Lipinski definition) is 1. The Kier molecular flexibility index (Phi) is 5.46. The van der Waals surface area contributed by atoms with E-state index in [1.807, 2.05) is 0 Å². The Labute approximate surface area is 112 Å². The van der Waals surface area contributed by atoms with E-state index in [1.165, 1.54) is 51.7 Å². The second-order valence-electron chi connectivity index (χ2n) is 6.06. The monoisotopic (exact) mass is 254 g/mol. The fourth-order valence-electron chi connectivity index (χ4n) is 2.88. The van der Waals surface area contributed by atoms with Gasteiger partial charge in [-0.1, -0.05) is 13.8 Å². The number of hydrogen-bond acceptors (Lipinski definition) is 3. The molecule has 106 valence electrons. The molecule has 0 amide bonds. The molecule has 1 aliphatic carbocycles. The minimum Gasteiger partial charge on any atom is -0.381 e. The second-order valence-corrected chi connectivity index (χ2v) is 6.06. The molecular weight excluding hydrogens is 224 g/mol. The van der Waals surface area contributed by atoms with Gasteiger partial charge in [0.1, 0.15) is 0 Å². The molecule has 0 aromatic heterocycles. The molecule has 2 aliphatic rings. The average Bonchev–Trinajstić information content (AvgIpc) is 3.23. The summed E-state index contributed by atoms with van der Waals surface area (Å²) in [5.74, 6) is 0.900. The van der Waals surface area contributed by atoms with Gasteiger partial charge in [-0.3, -0.25) is 0 Å². The number of piperazine rings is 1. The van der Waals surface area contributed by atoms with Crippen molar-refractivity contribution in [2.45, 2.75) is 51.5 Å². The van der Waals surface area contributed by atoms with Crippen LogP contribution in [0.4, 0.5) is 0 Å². The minimum absolute atomic E-state index is 0.368. The Hall–Kier alpha value is -0.120. The first-order chi connectivity index (χ1) is 8.78. The van der Waals surface area contributed by atoms with Crippen LogP contribution in [0.2, 0.25) is 0 Å². The lowest BCUT2D eigenvalue weighted by molar-refractivity contribution is 0.0895. The predicted molar refractivity (Wildman–Crippen MR) is 75.9 cm³/mol. The van der Waals surface area contributed by atoms with Gasteiger partial charge in [0.05, 0.1) is 0 Å². The Balaban J connectivity index is 1.59. The van der Waals surface area contributed by atoms with E-state index in [0.29, 0.717) is 5.54 Å². The van der Waals surface area contributed by atoms with E-state index < -0.39 is 0 Å². The molecule has 1 saturated heterocycles. The lowest BCUT2D eigenvalue weighted by Crippen LogP contribution is -2.59. The molecule has 0 radical (unpaired) electrons. The number of rotatable bonds is 8. The predicted octanol–water partition coefficient (Wildman–Crippen LogP) is 2.27. The second kappa shape index (κ2) is 6.88. The highest BCUT2D eigenvalue weighted by atomic mass is 16.5. The third-order valence-corrected chi connectivity index (χ3v) is 4.62. The van der Waals surface area contributed by atoms with E-state index >= 15 is 0 Å². The normalized spacial score (nSPS) is 24.3. The molecule has 18 heavy (non-hydrogen) atoms. The maximum absolute atomic E-state index is 5.71. The van der Waals surface area contributed by atoms with Crippen LogP contribution in [0.3, 0.4) is 0 Å². The van der Waals surface area contributed by atoms with E-state index in [0.717, 1.165) is 25.7 Å². The van der Waals surface area contributed by atoms with Crippen LogP contribution in [0, 0.1) is 5.92 Å². The summed E-state index contributed by atoms with van der Waals surface area (Å²) in [7, 11) is 0. The molecule has 0 aromatic rings. The zero-order chi connectivity index (χ0) is 12.8. The summed E-state index contributed by atoms with van der Waals surface area (Å²) < 4.78 is 5.71. The van der Waals surface area contributed by atoms with Crippen molar-refractivity contribution in [1.29, 1.82) is 0 Å². The van der Waals surface area contributed by atoms with Gasteiger partial charge in [0.25, 0.3) is 0 Å². The molecule has 3 nitrogen and oxygen atoms in total. The maximum Gasteiger partial charge on any atom is 0.0494 e. The quantitative estimate of drug-likeness (QED) is 0.673. The van der Waals surface area contributed by atoms with Gasteiger partial charge in [-0.2, -0.15) is 0 Å². The Morgan fingerprint density at radius 1 is 1.28 bits per heavy atom. The van der Waals surface area contributed by atoms with Crippen LogP contribution < -0.4 is 5.32 Å². The lowest BCUT2D eigenvalue weighted by Gasteiger charge is -2.43. The molecule has 2 fully saturated rings. The number of ether oxygens (including phenoxy) is 1. The highest BCUT2D eigenvalue weighted by molar-refractivity contribution is 4.92. The molecule has 1 N–H and O–H groups in total. The van der Waals surface area contributed by atoms with Crippen molar-refractivity contribution in [1.82, 2.24) is 10.2 Å². The first-order valence-corrected chi connectivity index (χ1v) is 7.83. The molecule has 3 heteroatoms. The van der Waals surface area contributed by atoms with E-state index in [1.54, 1.807) is 0 Å². The molecule has 1 aliphatic heterocycles. The summed E-state index contributed by atoms with van der Waals surface area (Å²) in [5, 5.41) is 3.71. The van der Waals surface area contributed by atoms with Gasteiger partial charge in [0, 0.05) is 44.9 Å². The summed E-state index contributed by atoms with van der Waals surface area (Å²) in [5.41, 5.74) is 0.368. The van der Waals surface area contributed by atoms with Crippen LogP contribution in [0.5, 0.6) is 0 Å². The highest BCUT2D eigenvalue weighted by Gasteiger charge is 2.31. The fourth-order valence-corrected chi connectivity index (χ4v) is 2.88. The van der Waals surface area contributed by atoms with Crippen molar-refractivity contribution < 1.29 is 4.74 Å². The van der Waals surface area contributed by atoms with Crippen molar-refractivity contribution in [2.24, 2.45) is 5.92 Å². The summed E-state index contributed by atoms with van der Waals surface area (Å²) in [6.45, 7) is 11.3. The first-order valence-electron chi connectivity index (χ1n) is 7.83. The highest BCUT2D eigenvalue weighted by Crippen LogP contribution is 2.28. The number of nitrogens with zero attached hydrogens (tertiary/aromatic N) is 1. The topological polar surface area (TPSA) is 24.5 Å². The standard InChI is InChI=1S/C15H30N2O/c1-3-15(4-2)13-17(10-8-16-15)9-5-11-18-12-14-6-7-14/h14,16H,3-13H2,1-2H3. The molecule has 1 saturated carbocycles. The van der Waals surface area contributed by atoms with E-state index in [2.05, 4.69) is 24.1 Å². The van der Waals surface area contributed by atoms with Crippen molar-refractivity contribution in [3.63, 3.8) is 0 Å². The van der Waals surface area contributed by atoms with Crippen molar-refractivity contribution >= 4 is 0 Å². The summed E-state index contributed by atoms with van der Waals surface area (Å²) in [6, 6.07) is 0. The van der Waals surface area contributed by atoms with Gasteiger partial charge in [-0.15, -0.1) is 0 Å². The fraction of sp³-hybridized carbons (Fsp3) is 1.00. The van der Waals surface area contributed by atoms with E-state index in [-0.39, 0.29) is 0 Å². The Bertz CT molecular complexity index is 237. The molecule has 2 rings (SSSR count). The first kappa shape index (κ1) is 14.3. The van der Waals surface area contributed by atoms with Crippen LogP contribution in [-0.2, 0) is 4.74 Å². The Morgan fingerprint density at radius 2 is 2.06 bits per heavy atom. The summed E-state index contributed by atoms with van der Waals surface area (Å²) >= 11 is 0. The van der Waals surface area contributed by atoms with Crippen LogP contribution in [0.25, 0.3) is 0 Å². The van der Waals surface area contributed by atoms with Gasteiger partial charge < -0.3 is 15.0 Å². The average molecular weight is 254 g/mol. The molecule has 1 heterocycles. The van der Waals surface area contributed by atoms with Gasteiger partial charge in [-0.25, -0.2) is 0 Å². The number of nitrogens with one attached hydrogen (secondary N) is 1. The summed E-state index contributed by atoms with van der Waals surface area (Å²) in [6.07, 6.45) is 6.45. The minimum atomic E-state index is 0.368. The molecule has 0 spiro atoms. The molecule has 0 unspecified atom stereocenters. The van der Waals surface area contributed by atoms with Gasteiger partial charge in [0.15, 0.2) is 0 Å². The zero-order valence-corrected chi connectivity index (χ0v) is 12.2. The molecule has 0 bridgehead atoms. The van der Waals surface area contributed by atoms with Gasteiger partial charge in [0.2, 0.25) is 0 Å². The van der Waals surface area contributed by atoms with Crippen LogP contribution in [-0.4, -0.2) is 49.8 Å². The van der Waals surface area contributed by atoms with Crippen LogP contribution in [0.1, 0.15) is 46.0 Å². The van der Waals surface area contributed by atoms with Crippen molar-refractivity contribution in [3.8, 4) is 0 Å². The SMILES string of the molecule is CCC1(CC)CN(CCCOCC2CC2)CCN1. The van der Waals surface area contributed by atoms with E-state index in [9.17, 15) is 0 Å². The van der Waals surface area contributed by atoms with Gasteiger partial charge >= 0.3 is 0 Å². The third-order valence-electron chi connectivity index (χ3n) is 4.62. The molecular formula is C15H30N2O. The van der Waals surface area contributed by atoms with Gasteiger partial charge in [-0.05, 0) is 38.0 Å². The van der Waals surface area contributed by atoms with Crippen LogP contribution >= 0.6 is 0 Å². The zero-order valence-electron chi connectivity index (χ0n) is 12.2. The third kappa shape index (κ3) is 4.22. The maximum atomic E-state index is 5.71. The van der Waals surface area contributed by atoms with E-state index in [4.69, 9.17) is 4.74 Å².